The summed E-state index contributed by atoms with van der Waals surface area (Å²) in [5, 5.41) is 3.86. The highest BCUT2D eigenvalue weighted by Gasteiger charge is 2.35. The molecule has 0 fully saturated rings. The minimum absolute atomic E-state index is 0.448. The summed E-state index contributed by atoms with van der Waals surface area (Å²) in [4.78, 5) is 4.65. The molecule has 0 atom stereocenters. The van der Waals surface area contributed by atoms with E-state index in [2.05, 4.69) is 129 Å². The second kappa shape index (κ2) is 10.3. The lowest BCUT2D eigenvalue weighted by Gasteiger charge is -2.37. The number of nitrogens with zero attached hydrogens (tertiary/aromatic N) is 1. The molecule has 0 saturated carbocycles. The summed E-state index contributed by atoms with van der Waals surface area (Å²) in [6, 6.07) is 40.1. The Bertz CT molecular complexity index is 995. The highest BCUT2D eigenvalue weighted by Crippen LogP contribution is 2.36. The molecule has 154 valence electrons. The van der Waals surface area contributed by atoms with Crippen LogP contribution in [0.5, 0.6) is 0 Å². The van der Waals surface area contributed by atoms with Gasteiger partial charge < -0.3 is 0 Å². The Morgan fingerprint density at radius 2 is 1.10 bits per heavy atom. The Morgan fingerprint density at radius 3 is 1.55 bits per heavy atom. The molecule has 4 aromatic rings. The zero-order valence-electron chi connectivity index (χ0n) is 17.3. The van der Waals surface area contributed by atoms with E-state index in [9.17, 15) is 0 Å². The van der Waals surface area contributed by atoms with E-state index in [1.54, 1.807) is 0 Å². The van der Waals surface area contributed by atoms with Crippen LogP contribution < -0.4 is 5.32 Å². The van der Waals surface area contributed by atoms with Crippen molar-refractivity contribution in [3.05, 3.63) is 142 Å². The normalized spacial score (nSPS) is 11.6. The Hall–Kier alpha value is -3.01. The monoisotopic (exact) mass is 468 g/mol. The number of halogens is 1. The van der Waals surface area contributed by atoms with Crippen molar-refractivity contribution >= 4 is 22.1 Å². The van der Waals surface area contributed by atoms with Gasteiger partial charge in [0.25, 0.3) is 0 Å². The fourth-order valence-corrected chi connectivity index (χ4v) is 4.16. The number of rotatable bonds is 8. The maximum Gasteiger partial charge on any atom is 0.0948 e. The largest absolute Gasteiger partial charge is 0.298 e. The van der Waals surface area contributed by atoms with Gasteiger partial charge in [0.05, 0.1) is 12.1 Å². The van der Waals surface area contributed by atoms with Crippen molar-refractivity contribution in [3.63, 3.8) is 0 Å². The van der Waals surface area contributed by atoms with Gasteiger partial charge in [0.2, 0.25) is 0 Å². The third-order valence-corrected chi connectivity index (χ3v) is 5.89. The first kappa shape index (κ1) is 21.2. The molecule has 0 amide bonds. The molecule has 0 aliphatic carbocycles. The number of benzene rings is 4. The quantitative estimate of drug-likeness (QED) is 0.179. The molecule has 4 aromatic carbocycles. The zero-order chi connectivity index (χ0) is 21.4. The summed E-state index contributed by atoms with van der Waals surface area (Å²) in [5.74, 6) is 0. The van der Waals surface area contributed by atoms with Gasteiger partial charge in [0, 0.05) is 17.2 Å². The average Bonchev–Trinajstić information content (AvgIpc) is 2.84. The van der Waals surface area contributed by atoms with Gasteiger partial charge >= 0.3 is 0 Å². The standard InChI is InChI=1S/C28H25BrN2/c29-27-18-16-23(17-19-27)22-30-20-21-31-28(24-10-4-1-5-11-24,25-12-6-2-7-13-25)26-14-8-3-9-15-26/h1-19,22,31H,20-21H2. The van der Waals surface area contributed by atoms with Gasteiger partial charge in [-0.05, 0) is 34.4 Å². The van der Waals surface area contributed by atoms with Crippen LogP contribution in [0.2, 0.25) is 0 Å². The van der Waals surface area contributed by atoms with Crippen molar-refractivity contribution in [2.45, 2.75) is 5.54 Å². The van der Waals surface area contributed by atoms with Crippen LogP contribution in [-0.2, 0) is 5.54 Å². The van der Waals surface area contributed by atoms with Gasteiger partial charge in [0.1, 0.15) is 0 Å². The van der Waals surface area contributed by atoms with Gasteiger partial charge in [-0.1, -0.05) is 119 Å². The number of hydrogen-bond acceptors (Lipinski definition) is 2. The maximum absolute atomic E-state index is 4.65. The third kappa shape index (κ3) is 5.01. The Morgan fingerprint density at radius 1 is 0.645 bits per heavy atom. The predicted octanol–water partition coefficient (Wildman–Crippen LogP) is 6.45. The van der Waals surface area contributed by atoms with Crippen molar-refractivity contribution in [1.82, 2.24) is 5.32 Å². The molecule has 31 heavy (non-hydrogen) atoms. The minimum Gasteiger partial charge on any atom is -0.298 e. The first-order valence-corrected chi connectivity index (χ1v) is 11.3. The number of nitrogens with one attached hydrogen (secondary N) is 1. The summed E-state index contributed by atoms with van der Waals surface area (Å²) in [6.07, 6.45) is 1.93. The topological polar surface area (TPSA) is 24.4 Å². The smallest absolute Gasteiger partial charge is 0.0948 e. The summed E-state index contributed by atoms with van der Waals surface area (Å²) in [5.41, 5.74) is 4.29. The highest BCUT2D eigenvalue weighted by molar-refractivity contribution is 9.10. The molecule has 0 heterocycles. The van der Waals surface area contributed by atoms with Gasteiger partial charge in [-0.15, -0.1) is 0 Å². The molecule has 0 aliphatic rings. The molecule has 0 unspecified atom stereocenters. The van der Waals surface area contributed by atoms with E-state index >= 15 is 0 Å². The molecule has 0 aromatic heterocycles. The van der Waals surface area contributed by atoms with Gasteiger partial charge in [-0.3, -0.25) is 10.3 Å². The minimum atomic E-state index is -0.448. The third-order valence-electron chi connectivity index (χ3n) is 5.36. The molecule has 4 rings (SSSR count). The summed E-state index contributed by atoms with van der Waals surface area (Å²) >= 11 is 3.47. The van der Waals surface area contributed by atoms with E-state index < -0.39 is 5.54 Å². The van der Waals surface area contributed by atoms with Crippen LogP contribution in [0, 0.1) is 0 Å². The van der Waals surface area contributed by atoms with Crippen LogP contribution in [-0.4, -0.2) is 19.3 Å². The lowest BCUT2D eigenvalue weighted by molar-refractivity contribution is 0.480. The molecule has 0 bridgehead atoms. The molecule has 0 aliphatic heterocycles. The van der Waals surface area contributed by atoms with E-state index in [0.29, 0.717) is 6.54 Å². The molecule has 0 radical (unpaired) electrons. The van der Waals surface area contributed by atoms with E-state index in [-0.39, 0.29) is 0 Å². The van der Waals surface area contributed by atoms with Crippen LogP contribution >= 0.6 is 15.9 Å². The van der Waals surface area contributed by atoms with Crippen molar-refractivity contribution in [1.29, 1.82) is 0 Å². The summed E-state index contributed by atoms with van der Waals surface area (Å²) in [6.45, 7) is 1.43. The van der Waals surface area contributed by atoms with Crippen molar-refractivity contribution in [2.75, 3.05) is 13.1 Å². The van der Waals surface area contributed by atoms with Crippen molar-refractivity contribution < 1.29 is 0 Å². The Kier molecular flexibility index (Phi) is 7.08. The van der Waals surface area contributed by atoms with Crippen LogP contribution in [0.25, 0.3) is 0 Å². The van der Waals surface area contributed by atoms with Crippen LogP contribution in [0.1, 0.15) is 22.3 Å². The summed E-state index contributed by atoms with van der Waals surface area (Å²) in [7, 11) is 0. The van der Waals surface area contributed by atoms with E-state index in [1.807, 2.05) is 18.3 Å². The van der Waals surface area contributed by atoms with Crippen LogP contribution in [0.4, 0.5) is 0 Å². The fourth-order valence-electron chi connectivity index (χ4n) is 3.90. The Balaban J connectivity index is 1.64. The average molecular weight is 469 g/mol. The zero-order valence-corrected chi connectivity index (χ0v) is 18.9. The Labute approximate surface area is 192 Å². The van der Waals surface area contributed by atoms with Crippen molar-refractivity contribution in [2.24, 2.45) is 4.99 Å². The molecule has 1 N–H and O–H groups in total. The lowest BCUT2D eigenvalue weighted by Crippen LogP contribution is -2.45. The lowest BCUT2D eigenvalue weighted by atomic mass is 9.77. The van der Waals surface area contributed by atoms with E-state index in [0.717, 1.165) is 16.6 Å². The van der Waals surface area contributed by atoms with Gasteiger partial charge in [-0.25, -0.2) is 0 Å². The van der Waals surface area contributed by atoms with Crippen LogP contribution in [0.15, 0.2) is 125 Å². The molecule has 0 spiro atoms. The highest BCUT2D eigenvalue weighted by atomic mass is 79.9. The molecular weight excluding hydrogens is 444 g/mol. The first-order valence-electron chi connectivity index (χ1n) is 10.5. The number of aliphatic imine (C=N–C) groups is 1. The predicted molar refractivity (Wildman–Crippen MR) is 134 cm³/mol. The maximum atomic E-state index is 4.65. The first-order chi connectivity index (χ1) is 15.3. The van der Waals surface area contributed by atoms with E-state index in [4.69, 9.17) is 0 Å². The number of hydrogen-bond donors (Lipinski definition) is 1. The second-order valence-corrected chi connectivity index (χ2v) is 8.28. The molecule has 3 heteroatoms. The summed E-state index contributed by atoms with van der Waals surface area (Å²) < 4.78 is 1.07. The molecule has 0 saturated heterocycles. The van der Waals surface area contributed by atoms with Gasteiger partial charge in [-0.2, -0.15) is 0 Å². The second-order valence-electron chi connectivity index (χ2n) is 7.36. The SMILES string of the molecule is Brc1ccc(C=NCCNC(c2ccccc2)(c2ccccc2)c2ccccc2)cc1. The van der Waals surface area contributed by atoms with E-state index in [1.165, 1.54) is 16.7 Å². The van der Waals surface area contributed by atoms with Crippen molar-refractivity contribution in [3.8, 4) is 0 Å². The molecular formula is C28H25BrN2. The van der Waals surface area contributed by atoms with Crippen LogP contribution in [0.3, 0.4) is 0 Å². The van der Waals surface area contributed by atoms with Gasteiger partial charge in [0.15, 0.2) is 0 Å². The fraction of sp³-hybridized carbons (Fsp3) is 0.107. The molecule has 2 nitrogen and oxygen atoms in total.